The first kappa shape index (κ1) is 14.3. The SMILES string of the molecule is COc1cccc(/C=C/C(=O)c2ccc(Br)cc2)c1O. The fourth-order valence-electron chi connectivity index (χ4n) is 1.71. The van der Waals surface area contributed by atoms with Gasteiger partial charge in [0.05, 0.1) is 7.11 Å². The molecule has 2 aromatic carbocycles. The summed E-state index contributed by atoms with van der Waals surface area (Å²) in [7, 11) is 1.48. The molecule has 0 saturated carbocycles. The number of phenolic OH excluding ortho intramolecular Hbond substituents is 1. The summed E-state index contributed by atoms with van der Waals surface area (Å²) in [5, 5.41) is 9.91. The summed E-state index contributed by atoms with van der Waals surface area (Å²) in [6, 6.07) is 12.2. The minimum atomic E-state index is -0.125. The van der Waals surface area contributed by atoms with Gasteiger partial charge in [0.1, 0.15) is 0 Å². The number of ether oxygens (including phenoxy) is 1. The van der Waals surface area contributed by atoms with Crippen LogP contribution in [-0.2, 0) is 0 Å². The molecule has 102 valence electrons. The molecule has 0 aliphatic carbocycles. The maximum atomic E-state index is 12.0. The standard InChI is InChI=1S/C16H13BrO3/c1-20-15-4-2-3-12(16(15)19)7-10-14(18)11-5-8-13(17)9-6-11/h2-10,19H,1H3/b10-7+. The van der Waals surface area contributed by atoms with Gasteiger partial charge in [0.25, 0.3) is 0 Å². The summed E-state index contributed by atoms with van der Waals surface area (Å²) in [6.07, 6.45) is 3.00. The summed E-state index contributed by atoms with van der Waals surface area (Å²) in [5.41, 5.74) is 1.13. The molecule has 0 amide bonds. The van der Waals surface area contributed by atoms with Gasteiger partial charge in [-0.2, -0.15) is 0 Å². The van der Waals surface area contributed by atoms with Gasteiger partial charge in [-0.15, -0.1) is 0 Å². The second kappa shape index (κ2) is 6.39. The zero-order chi connectivity index (χ0) is 14.5. The van der Waals surface area contributed by atoms with E-state index in [4.69, 9.17) is 4.74 Å². The summed E-state index contributed by atoms with van der Waals surface area (Å²) in [5.74, 6) is 0.276. The number of benzene rings is 2. The molecule has 0 aromatic heterocycles. The fraction of sp³-hybridized carbons (Fsp3) is 0.0625. The number of methoxy groups -OCH3 is 1. The highest BCUT2D eigenvalue weighted by Gasteiger charge is 2.06. The Morgan fingerprint density at radius 1 is 1.20 bits per heavy atom. The molecule has 20 heavy (non-hydrogen) atoms. The van der Waals surface area contributed by atoms with Crippen LogP contribution in [0.5, 0.6) is 11.5 Å². The first-order valence-corrected chi connectivity index (χ1v) is 6.75. The quantitative estimate of drug-likeness (QED) is 0.678. The van der Waals surface area contributed by atoms with E-state index in [0.717, 1.165) is 4.47 Å². The van der Waals surface area contributed by atoms with Gasteiger partial charge in [-0.25, -0.2) is 0 Å². The van der Waals surface area contributed by atoms with E-state index in [1.165, 1.54) is 13.2 Å². The summed E-state index contributed by atoms with van der Waals surface area (Å²) in [4.78, 5) is 12.0. The van der Waals surface area contributed by atoms with Crippen LogP contribution >= 0.6 is 15.9 Å². The molecule has 0 radical (unpaired) electrons. The molecular formula is C16H13BrO3. The number of aromatic hydroxyl groups is 1. The zero-order valence-electron chi connectivity index (χ0n) is 10.8. The lowest BCUT2D eigenvalue weighted by Crippen LogP contribution is -1.93. The molecule has 4 heteroatoms. The Hall–Kier alpha value is -2.07. The number of para-hydroxylation sites is 1. The van der Waals surface area contributed by atoms with Gasteiger partial charge in [-0.3, -0.25) is 4.79 Å². The number of rotatable bonds is 4. The predicted molar refractivity (Wildman–Crippen MR) is 82.2 cm³/mol. The number of phenols is 1. The Labute approximate surface area is 125 Å². The van der Waals surface area contributed by atoms with Gasteiger partial charge < -0.3 is 9.84 Å². The number of carbonyl (C=O) groups excluding carboxylic acids is 1. The Morgan fingerprint density at radius 2 is 1.90 bits per heavy atom. The van der Waals surface area contributed by atoms with Crippen LogP contribution in [0.2, 0.25) is 0 Å². The van der Waals surface area contributed by atoms with Gasteiger partial charge in [0.15, 0.2) is 17.3 Å². The topological polar surface area (TPSA) is 46.5 Å². The molecule has 0 spiro atoms. The molecular weight excluding hydrogens is 320 g/mol. The van der Waals surface area contributed by atoms with E-state index in [2.05, 4.69) is 15.9 Å². The molecule has 0 saturated heterocycles. The number of carbonyl (C=O) groups is 1. The van der Waals surface area contributed by atoms with Gasteiger partial charge in [-0.05, 0) is 42.5 Å². The lowest BCUT2D eigenvalue weighted by atomic mass is 10.1. The maximum absolute atomic E-state index is 12.0. The third-order valence-corrected chi connectivity index (χ3v) is 3.32. The van der Waals surface area contributed by atoms with E-state index in [1.54, 1.807) is 36.4 Å². The summed E-state index contributed by atoms with van der Waals surface area (Å²) >= 11 is 3.32. The molecule has 0 unspecified atom stereocenters. The number of allylic oxidation sites excluding steroid dienone is 1. The van der Waals surface area contributed by atoms with Gasteiger partial charge in [0, 0.05) is 15.6 Å². The second-order valence-electron chi connectivity index (χ2n) is 4.10. The van der Waals surface area contributed by atoms with Crippen molar-refractivity contribution in [1.82, 2.24) is 0 Å². The van der Waals surface area contributed by atoms with Crippen molar-refractivity contribution in [1.29, 1.82) is 0 Å². The van der Waals surface area contributed by atoms with E-state index in [0.29, 0.717) is 16.9 Å². The van der Waals surface area contributed by atoms with Crippen LogP contribution in [0.15, 0.2) is 53.0 Å². The molecule has 0 fully saturated rings. The smallest absolute Gasteiger partial charge is 0.185 e. The van der Waals surface area contributed by atoms with Crippen LogP contribution in [0.25, 0.3) is 6.08 Å². The predicted octanol–water partition coefficient (Wildman–Crippen LogP) is 4.06. The number of hydrogen-bond acceptors (Lipinski definition) is 3. The molecule has 0 aliphatic heterocycles. The molecule has 0 aliphatic rings. The van der Waals surface area contributed by atoms with E-state index in [-0.39, 0.29) is 11.5 Å². The van der Waals surface area contributed by atoms with Crippen molar-refractivity contribution in [3.05, 3.63) is 64.1 Å². The molecule has 0 heterocycles. The second-order valence-corrected chi connectivity index (χ2v) is 5.02. The number of ketones is 1. The third kappa shape index (κ3) is 3.27. The van der Waals surface area contributed by atoms with Crippen molar-refractivity contribution in [3.63, 3.8) is 0 Å². The van der Waals surface area contributed by atoms with Crippen LogP contribution in [0.4, 0.5) is 0 Å². The van der Waals surface area contributed by atoms with Gasteiger partial charge in [0.2, 0.25) is 0 Å². The zero-order valence-corrected chi connectivity index (χ0v) is 12.4. The Morgan fingerprint density at radius 3 is 2.55 bits per heavy atom. The van der Waals surface area contributed by atoms with Crippen LogP contribution < -0.4 is 4.74 Å². The first-order valence-electron chi connectivity index (χ1n) is 5.96. The summed E-state index contributed by atoms with van der Waals surface area (Å²) in [6.45, 7) is 0. The number of halogens is 1. The molecule has 2 aromatic rings. The minimum absolute atomic E-state index is 0.0230. The van der Waals surface area contributed by atoms with Crippen LogP contribution in [-0.4, -0.2) is 18.0 Å². The van der Waals surface area contributed by atoms with Crippen molar-refractivity contribution < 1.29 is 14.6 Å². The van der Waals surface area contributed by atoms with Crippen LogP contribution in [0.1, 0.15) is 15.9 Å². The largest absolute Gasteiger partial charge is 0.504 e. The molecule has 3 nitrogen and oxygen atoms in total. The number of hydrogen-bond donors (Lipinski definition) is 1. The lowest BCUT2D eigenvalue weighted by Gasteiger charge is -2.05. The summed E-state index contributed by atoms with van der Waals surface area (Å²) < 4.78 is 5.94. The van der Waals surface area contributed by atoms with Crippen molar-refractivity contribution >= 4 is 27.8 Å². The average molecular weight is 333 g/mol. The van der Waals surface area contributed by atoms with Crippen molar-refractivity contribution in [2.45, 2.75) is 0 Å². The molecule has 0 atom stereocenters. The molecule has 2 rings (SSSR count). The van der Waals surface area contributed by atoms with Gasteiger partial charge in [-0.1, -0.05) is 28.1 Å². The highest BCUT2D eigenvalue weighted by Crippen LogP contribution is 2.30. The molecule has 1 N–H and O–H groups in total. The van der Waals surface area contributed by atoms with Crippen LogP contribution in [0, 0.1) is 0 Å². The third-order valence-electron chi connectivity index (χ3n) is 2.79. The Bertz CT molecular complexity index is 645. The lowest BCUT2D eigenvalue weighted by molar-refractivity contribution is 0.104. The molecule has 0 bridgehead atoms. The van der Waals surface area contributed by atoms with Crippen molar-refractivity contribution in [2.75, 3.05) is 7.11 Å². The Kier molecular flexibility index (Phi) is 4.58. The van der Waals surface area contributed by atoms with E-state index < -0.39 is 0 Å². The maximum Gasteiger partial charge on any atom is 0.185 e. The van der Waals surface area contributed by atoms with Gasteiger partial charge >= 0.3 is 0 Å². The fourth-order valence-corrected chi connectivity index (χ4v) is 1.98. The van der Waals surface area contributed by atoms with E-state index in [1.807, 2.05) is 12.1 Å². The van der Waals surface area contributed by atoms with Crippen molar-refractivity contribution in [2.24, 2.45) is 0 Å². The average Bonchev–Trinajstić information content (AvgIpc) is 2.46. The van der Waals surface area contributed by atoms with Crippen molar-refractivity contribution in [3.8, 4) is 11.5 Å². The first-order chi connectivity index (χ1) is 9.61. The monoisotopic (exact) mass is 332 g/mol. The Balaban J connectivity index is 2.21. The highest BCUT2D eigenvalue weighted by molar-refractivity contribution is 9.10. The normalized spacial score (nSPS) is 10.7. The van der Waals surface area contributed by atoms with E-state index in [9.17, 15) is 9.90 Å². The minimum Gasteiger partial charge on any atom is -0.504 e. The van der Waals surface area contributed by atoms with Crippen LogP contribution in [0.3, 0.4) is 0 Å². The van der Waals surface area contributed by atoms with E-state index >= 15 is 0 Å². The highest BCUT2D eigenvalue weighted by atomic mass is 79.9.